The molecule has 2 heteroatoms. The number of hydrogen-bond donors (Lipinski definition) is 1. The maximum absolute atomic E-state index is 3.83. The molecule has 1 aliphatic heterocycles. The van der Waals surface area contributed by atoms with Gasteiger partial charge in [0, 0.05) is 22.7 Å². The molecule has 2 aliphatic rings. The molecule has 1 N–H and O–H groups in total. The minimum atomic E-state index is 0.743. The molecule has 1 heterocycles. The zero-order valence-electron chi connectivity index (χ0n) is 12.1. The van der Waals surface area contributed by atoms with Crippen LogP contribution in [0.3, 0.4) is 0 Å². The van der Waals surface area contributed by atoms with E-state index in [4.69, 9.17) is 0 Å². The van der Waals surface area contributed by atoms with Gasteiger partial charge >= 0.3 is 0 Å². The fourth-order valence-corrected chi connectivity index (χ4v) is 4.66. The van der Waals surface area contributed by atoms with E-state index in [0.717, 1.165) is 23.1 Å². The molecule has 1 saturated carbocycles. The molecular weight excluding hydrogens is 250 g/mol. The van der Waals surface area contributed by atoms with Gasteiger partial charge in [0.2, 0.25) is 0 Å². The highest BCUT2D eigenvalue weighted by Crippen LogP contribution is 2.36. The van der Waals surface area contributed by atoms with E-state index in [-0.39, 0.29) is 0 Å². The summed E-state index contributed by atoms with van der Waals surface area (Å²) in [4.78, 5) is 1.50. The molecule has 0 saturated heterocycles. The van der Waals surface area contributed by atoms with E-state index < -0.39 is 0 Å². The minimum Gasteiger partial charge on any atom is -0.313 e. The van der Waals surface area contributed by atoms with Gasteiger partial charge in [-0.3, -0.25) is 0 Å². The summed E-state index contributed by atoms with van der Waals surface area (Å²) >= 11 is 2.06. The van der Waals surface area contributed by atoms with Gasteiger partial charge in [0.1, 0.15) is 0 Å². The number of thioether (sulfide) groups is 1. The molecule has 3 rings (SSSR count). The Hall–Kier alpha value is -0.470. The summed E-state index contributed by atoms with van der Waals surface area (Å²) < 4.78 is 0. The maximum atomic E-state index is 3.83. The van der Waals surface area contributed by atoms with Gasteiger partial charge in [-0.1, -0.05) is 32.0 Å². The molecule has 1 nitrogen and oxygen atoms in total. The van der Waals surface area contributed by atoms with E-state index in [1.165, 1.54) is 37.1 Å². The van der Waals surface area contributed by atoms with Gasteiger partial charge in [-0.05, 0) is 49.1 Å². The zero-order valence-corrected chi connectivity index (χ0v) is 12.9. The number of hydrogen-bond acceptors (Lipinski definition) is 2. The van der Waals surface area contributed by atoms with E-state index in [1.807, 2.05) is 0 Å². The molecule has 0 amide bonds. The second-order valence-corrected chi connectivity index (χ2v) is 7.77. The quantitative estimate of drug-likeness (QED) is 0.890. The SMILES string of the molecule is CC1CCC(NCC2Cc3ccccc3S2)CC1C. The third kappa shape index (κ3) is 3.17. The highest BCUT2D eigenvalue weighted by atomic mass is 32.2. The summed E-state index contributed by atoms with van der Waals surface area (Å²) in [6.07, 6.45) is 5.38. The van der Waals surface area contributed by atoms with E-state index in [9.17, 15) is 0 Å². The van der Waals surface area contributed by atoms with E-state index in [0.29, 0.717) is 0 Å². The van der Waals surface area contributed by atoms with Crippen molar-refractivity contribution in [3.63, 3.8) is 0 Å². The van der Waals surface area contributed by atoms with Crippen LogP contribution in [0.25, 0.3) is 0 Å². The van der Waals surface area contributed by atoms with Crippen molar-refractivity contribution in [2.45, 2.75) is 55.7 Å². The van der Waals surface area contributed by atoms with Gasteiger partial charge in [0.25, 0.3) is 0 Å². The van der Waals surface area contributed by atoms with E-state index in [2.05, 4.69) is 55.2 Å². The van der Waals surface area contributed by atoms with Crippen molar-refractivity contribution in [2.75, 3.05) is 6.54 Å². The molecule has 19 heavy (non-hydrogen) atoms. The van der Waals surface area contributed by atoms with Crippen LogP contribution in [-0.4, -0.2) is 17.8 Å². The molecule has 1 aromatic carbocycles. The zero-order chi connectivity index (χ0) is 13.2. The summed E-state index contributed by atoms with van der Waals surface area (Å²) in [6, 6.07) is 9.64. The van der Waals surface area contributed by atoms with Crippen LogP contribution in [0.4, 0.5) is 0 Å². The van der Waals surface area contributed by atoms with Crippen molar-refractivity contribution in [3.8, 4) is 0 Å². The summed E-state index contributed by atoms with van der Waals surface area (Å²) in [5.41, 5.74) is 1.55. The molecule has 1 fully saturated rings. The molecule has 1 aliphatic carbocycles. The van der Waals surface area contributed by atoms with E-state index in [1.54, 1.807) is 5.56 Å². The van der Waals surface area contributed by atoms with Crippen molar-refractivity contribution >= 4 is 11.8 Å². The van der Waals surface area contributed by atoms with Crippen LogP contribution in [-0.2, 0) is 6.42 Å². The lowest BCUT2D eigenvalue weighted by Gasteiger charge is -2.33. The van der Waals surface area contributed by atoms with Crippen molar-refractivity contribution in [2.24, 2.45) is 11.8 Å². The molecule has 0 radical (unpaired) electrons. The Bertz CT molecular complexity index is 406. The largest absolute Gasteiger partial charge is 0.313 e. The molecule has 0 aromatic heterocycles. The summed E-state index contributed by atoms with van der Waals surface area (Å²) in [7, 11) is 0. The van der Waals surface area contributed by atoms with Crippen LogP contribution >= 0.6 is 11.8 Å². The molecule has 4 unspecified atom stereocenters. The smallest absolute Gasteiger partial charge is 0.0260 e. The summed E-state index contributed by atoms with van der Waals surface area (Å²) in [5.74, 6) is 1.81. The van der Waals surface area contributed by atoms with Gasteiger partial charge in [0.05, 0.1) is 0 Å². The second kappa shape index (κ2) is 5.88. The number of fused-ring (bicyclic) bond motifs is 1. The van der Waals surface area contributed by atoms with Crippen LogP contribution < -0.4 is 5.32 Å². The lowest BCUT2D eigenvalue weighted by molar-refractivity contribution is 0.227. The Labute approximate surface area is 121 Å². The first-order chi connectivity index (χ1) is 9.22. The first-order valence-electron chi connectivity index (χ1n) is 7.70. The Kier molecular flexibility index (Phi) is 4.18. The lowest BCUT2D eigenvalue weighted by atomic mass is 9.79. The highest BCUT2D eigenvalue weighted by Gasteiger charge is 2.26. The van der Waals surface area contributed by atoms with Crippen LogP contribution in [0.15, 0.2) is 29.2 Å². The van der Waals surface area contributed by atoms with Crippen molar-refractivity contribution in [1.29, 1.82) is 0 Å². The molecular formula is C17H25NS. The van der Waals surface area contributed by atoms with Gasteiger partial charge in [-0.25, -0.2) is 0 Å². The molecule has 104 valence electrons. The Morgan fingerprint density at radius 1 is 1.16 bits per heavy atom. The predicted octanol–water partition coefficient (Wildman–Crippen LogP) is 4.12. The normalized spacial score (nSPS) is 34.2. The van der Waals surface area contributed by atoms with Gasteiger partial charge in [-0.15, -0.1) is 11.8 Å². The third-order valence-corrected chi connectivity index (χ3v) is 6.27. The Morgan fingerprint density at radius 3 is 2.79 bits per heavy atom. The molecule has 1 aromatic rings. The van der Waals surface area contributed by atoms with Crippen molar-refractivity contribution in [1.82, 2.24) is 5.32 Å². The fraction of sp³-hybridized carbons (Fsp3) is 0.647. The first-order valence-corrected chi connectivity index (χ1v) is 8.58. The molecule has 0 spiro atoms. The monoisotopic (exact) mass is 275 g/mol. The van der Waals surface area contributed by atoms with Crippen molar-refractivity contribution in [3.05, 3.63) is 29.8 Å². The topological polar surface area (TPSA) is 12.0 Å². The van der Waals surface area contributed by atoms with Crippen LogP contribution in [0.1, 0.15) is 38.7 Å². The fourth-order valence-electron chi connectivity index (χ4n) is 3.40. The Balaban J connectivity index is 1.47. The first kappa shape index (κ1) is 13.5. The molecule has 4 atom stereocenters. The molecule has 0 bridgehead atoms. The lowest BCUT2D eigenvalue weighted by Crippen LogP contribution is -2.39. The van der Waals surface area contributed by atoms with Crippen LogP contribution in [0, 0.1) is 11.8 Å². The van der Waals surface area contributed by atoms with Crippen molar-refractivity contribution < 1.29 is 0 Å². The standard InChI is InChI=1S/C17H25NS/c1-12-7-8-15(9-13(12)2)18-11-16-10-14-5-3-4-6-17(14)19-16/h3-6,12-13,15-16,18H,7-11H2,1-2H3. The highest BCUT2D eigenvalue weighted by molar-refractivity contribution is 8.00. The number of nitrogens with one attached hydrogen (secondary N) is 1. The Morgan fingerprint density at radius 2 is 2.00 bits per heavy atom. The minimum absolute atomic E-state index is 0.743. The summed E-state index contributed by atoms with van der Waals surface area (Å²) in [6.45, 7) is 5.99. The van der Waals surface area contributed by atoms with Gasteiger partial charge in [-0.2, -0.15) is 0 Å². The maximum Gasteiger partial charge on any atom is 0.0260 e. The number of rotatable bonds is 3. The third-order valence-electron chi connectivity index (χ3n) is 4.95. The number of benzene rings is 1. The second-order valence-electron chi connectivity index (χ2n) is 6.42. The summed E-state index contributed by atoms with van der Waals surface area (Å²) in [5, 5.41) is 4.57. The van der Waals surface area contributed by atoms with Gasteiger partial charge in [0.15, 0.2) is 0 Å². The van der Waals surface area contributed by atoms with E-state index >= 15 is 0 Å². The van der Waals surface area contributed by atoms with Crippen LogP contribution in [0.5, 0.6) is 0 Å². The van der Waals surface area contributed by atoms with Crippen LogP contribution in [0.2, 0.25) is 0 Å². The van der Waals surface area contributed by atoms with Gasteiger partial charge < -0.3 is 5.32 Å². The predicted molar refractivity (Wildman–Crippen MR) is 83.8 cm³/mol. The average Bonchev–Trinajstić information content (AvgIpc) is 2.83. The average molecular weight is 275 g/mol.